The molecule has 0 heterocycles. The summed E-state index contributed by atoms with van der Waals surface area (Å²) in [5, 5.41) is 2.47. The van der Waals surface area contributed by atoms with E-state index >= 15 is 0 Å². The van der Waals surface area contributed by atoms with Crippen molar-refractivity contribution < 1.29 is 0 Å². The highest BCUT2D eigenvalue weighted by Gasteiger charge is 2.22. The zero-order valence-electron chi connectivity index (χ0n) is 35.9. The van der Waals surface area contributed by atoms with E-state index in [1.165, 1.54) is 72.0 Å². The van der Waals surface area contributed by atoms with Gasteiger partial charge in [0.2, 0.25) is 0 Å². The summed E-state index contributed by atoms with van der Waals surface area (Å²) < 4.78 is 0. The number of benzene rings is 11. The van der Waals surface area contributed by atoms with E-state index in [-0.39, 0.29) is 0 Å². The monoisotopic (exact) mass is 827 g/mol. The second kappa shape index (κ2) is 17.7. The quantitative estimate of drug-likeness (QED) is 0.133. The van der Waals surface area contributed by atoms with Crippen molar-refractivity contribution in [1.82, 2.24) is 0 Å². The van der Waals surface area contributed by atoms with Crippen LogP contribution >= 0.6 is 0 Å². The minimum atomic E-state index is 1.07. The van der Waals surface area contributed by atoms with Crippen molar-refractivity contribution in [3.8, 4) is 77.9 Å². The van der Waals surface area contributed by atoms with E-state index in [4.69, 9.17) is 0 Å². The van der Waals surface area contributed by atoms with Gasteiger partial charge < -0.3 is 4.90 Å². The largest absolute Gasteiger partial charge is 0.310 e. The highest BCUT2D eigenvalue weighted by atomic mass is 15.1. The maximum atomic E-state index is 2.44. The Hall–Kier alpha value is -8.52. The summed E-state index contributed by atoms with van der Waals surface area (Å²) in [6.07, 6.45) is 0. The summed E-state index contributed by atoms with van der Waals surface area (Å²) >= 11 is 0. The maximum absolute atomic E-state index is 2.44. The molecule has 0 N–H and O–H groups in total. The maximum Gasteiger partial charge on any atom is 0.0540 e. The van der Waals surface area contributed by atoms with Crippen molar-refractivity contribution >= 4 is 27.8 Å². The van der Waals surface area contributed by atoms with Crippen LogP contribution in [0, 0.1) is 0 Å². The molecule has 0 saturated carbocycles. The van der Waals surface area contributed by atoms with Gasteiger partial charge in [0.15, 0.2) is 0 Å². The Morgan fingerprint density at radius 1 is 0.215 bits per heavy atom. The molecule has 0 spiro atoms. The molecule has 0 bridgehead atoms. The molecule has 0 fully saturated rings. The fraction of sp³-hybridized carbons (Fsp3) is 0. The minimum Gasteiger partial charge on any atom is -0.310 e. The van der Waals surface area contributed by atoms with Crippen LogP contribution in [0.3, 0.4) is 0 Å². The lowest BCUT2D eigenvalue weighted by molar-refractivity contribution is 1.28. The van der Waals surface area contributed by atoms with Crippen LogP contribution in [0.1, 0.15) is 0 Å². The van der Waals surface area contributed by atoms with Crippen LogP contribution in [0.2, 0.25) is 0 Å². The molecule has 0 aliphatic heterocycles. The molecule has 11 rings (SSSR count). The van der Waals surface area contributed by atoms with Gasteiger partial charge >= 0.3 is 0 Å². The van der Waals surface area contributed by atoms with Gasteiger partial charge in [-0.3, -0.25) is 0 Å². The molecule has 306 valence electrons. The third kappa shape index (κ3) is 7.82. The molecule has 0 unspecified atom stereocenters. The Morgan fingerprint density at radius 2 is 0.600 bits per heavy atom. The van der Waals surface area contributed by atoms with Gasteiger partial charge in [-0.1, -0.05) is 243 Å². The first-order chi connectivity index (χ1) is 32.3. The highest BCUT2D eigenvalue weighted by Crippen LogP contribution is 2.47. The van der Waals surface area contributed by atoms with E-state index in [2.05, 4.69) is 278 Å². The van der Waals surface area contributed by atoms with Gasteiger partial charge in [0.05, 0.1) is 5.69 Å². The molecule has 0 aromatic heterocycles. The zero-order chi connectivity index (χ0) is 43.4. The van der Waals surface area contributed by atoms with Crippen LogP contribution in [0.4, 0.5) is 17.1 Å². The van der Waals surface area contributed by atoms with Crippen LogP contribution < -0.4 is 4.90 Å². The van der Waals surface area contributed by atoms with Crippen LogP contribution in [-0.2, 0) is 0 Å². The van der Waals surface area contributed by atoms with E-state index in [9.17, 15) is 0 Å². The lowest BCUT2D eigenvalue weighted by Gasteiger charge is -2.29. The number of hydrogen-bond acceptors (Lipinski definition) is 1. The van der Waals surface area contributed by atoms with Gasteiger partial charge in [-0.2, -0.15) is 0 Å². The SMILES string of the molecule is c1ccc(-c2ccc(-c3ccccc3N(c3cccc(-c4cccc(-c5ccccc5)c4-c4ccccc4-c4ccccc4)c3)c3cccc(-c4cccc5ccccc45)c3)cc2)cc1. The number of anilines is 3. The van der Waals surface area contributed by atoms with Gasteiger partial charge in [-0.25, -0.2) is 0 Å². The number of rotatable bonds is 10. The third-order valence-electron chi connectivity index (χ3n) is 12.5. The number of para-hydroxylation sites is 1. The van der Waals surface area contributed by atoms with E-state index in [1.807, 2.05) is 0 Å². The van der Waals surface area contributed by atoms with Gasteiger partial charge in [0.1, 0.15) is 0 Å². The Morgan fingerprint density at radius 3 is 1.28 bits per heavy atom. The van der Waals surface area contributed by atoms with E-state index in [0.717, 1.165) is 33.8 Å². The second-order valence-corrected chi connectivity index (χ2v) is 16.4. The van der Waals surface area contributed by atoms with Gasteiger partial charge in [0, 0.05) is 16.9 Å². The van der Waals surface area contributed by atoms with Crippen molar-refractivity contribution in [1.29, 1.82) is 0 Å². The van der Waals surface area contributed by atoms with Crippen LogP contribution in [0.25, 0.3) is 88.7 Å². The van der Waals surface area contributed by atoms with Crippen molar-refractivity contribution in [3.05, 3.63) is 273 Å². The van der Waals surface area contributed by atoms with E-state index in [0.29, 0.717) is 0 Å². The normalized spacial score (nSPS) is 11.1. The Balaban J connectivity index is 1.11. The summed E-state index contributed by atoms with van der Waals surface area (Å²) in [5.74, 6) is 0. The Labute approximate surface area is 381 Å². The lowest BCUT2D eigenvalue weighted by atomic mass is 9.84. The third-order valence-corrected chi connectivity index (χ3v) is 12.5. The molecule has 0 radical (unpaired) electrons. The summed E-state index contributed by atoms with van der Waals surface area (Å²) in [5.41, 5.74) is 19.8. The zero-order valence-corrected chi connectivity index (χ0v) is 35.9. The van der Waals surface area contributed by atoms with Crippen LogP contribution in [0.15, 0.2) is 273 Å². The molecule has 11 aromatic carbocycles. The molecule has 11 aromatic rings. The van der Waals surface area contributed by atoms with Crippen LogP contribution in [0.5, 0.6) is 0 Å². The minimum absolute atomic E-state index is 1.07. The molecular formula is C64H45N. The van der Waals surface area contributed by atoms with Crippen molar-refractivity contribution in [2.24, 2.45) is 0 Å². The summed E-state index contributed by atoms with van der Waals surface area (Å²) in [6.45, 7) is 0. The fourth-order valence-corrected chi connectivity index (χ4v) is 9.43. The highest BCUT2D eigenvalue weighted by molar-refractivity contribution is 6.01. The molecule has 0 amide bonds. The molecule has 1 heteroatoms. The number of hydrogen-bond donors (Lipinski definition) is 0. The number of fused-ring (bicyclic) bond motifs is 1. The molecular weight excluding hydrogens is 783 g/mol. The van der Waals surface area contributed by atoms with Crippen molar-refractivity contribution in [2.45, 2.75) is 0 Å². The molecule has 65 heavy (non-hydrogen) atoms. The topological polar surface area (TPSA) is 3.24 Å². The van der Waals surface area contributed by atoms with Crippen molar-refractivity contribution in [2.75, 3.05) is 4.90 Å². The summed E-state index contributed by atoms with van der Waals surface area (Å²) in [7, 11) is 0. The van der Waals surface area contributed by atoms with Gasteiger partial charge in [-0.15, -0.1) is 0 Å². The summed E-state index contributed by atoms with van der Waals surface area (Å²) in [6, 6.07) is 98.9. The fourth-order valence-electron chi connectivity index (χ4n) is 9.43. The van der Waals surface area contributed by atoms with Crippen LogP contribution in [-0.4, -0.2) is 0 Å². The average molecular weight is 828 g/mol. The first-order valence-corrected chi connectivity index (χ1v) is 22.3. The average Bonchev–Trinajstić information content (AvgIpc) is 3.39. The predicted molar refractivity (Wildman–Crippen MR) is 277 cm³/mol. The molecule has 1 nitrogen and oxygen atoms in total. The Bertz CT molecular complexity index is 3400. The predicted octanol–water partition coefficient (Wildman–Crippen LogP) is 18.0. The second-order valence-electron chi connectivity index (χ2n) is 16.4. The smallest absolute Gasteiger partial charge is 0.0540 e. The molecule has 0 saturated heterocycles. The van der Waals surface area contributed by atoms with Gasteiger partial charge in [0.25, 0.3) is 0 Å². The standard InChI is InChI=1S/C64H45N/c1-4-20-46(21-5-1)47-40-42-51(43-41-47)59-34-14-15-39-63(59)65(54-30-16-28-52(44-54)58-36-18-27-49-26-10-11-32-56(49)58)55-31-17-29-53(45-55)61-38-19-37-60(50-24-8-3-9-25-50)64(61)62-35-13-12-33-57(62)48-22-6-2-7-23-48/h1-45H. The number of nitrogens with zero attached hydrogens (tertiary/aromatic N) is 1. The molecule has 0 aliphatic carbocycles. The van der Waals surface area contributed by atoms with Crippen molar-refractivity contribution in [3.63, 3.8) is 0 Å². The first kappa shape index (κ1) is 39.3. The van der Waals surface area contributed by atoms with E-state index < -0.39 is 0 Å². The van der Waals surface area contributed by atoms with E-state index in [1.54, 1.807) is 0 Å². The summed E-state index contributed by atoms with van der Waals surface area (Å²) in [4.78, 5) is 2.44. The molecule has 0 atom stereocenters. The molecule has 0 aliphatic rings. The van der Waals surface area contributed by atoms with Gasteiger partial charge in [-0.05, 0) is 113 Å². The lowest BCUT2D eigenvalue weighted by Crippen LogP contribution is -2.11. The Kier molecular flexibility index (Phi) is 10.7. The first-order valence-electron chi connectivity index (χ1n) is 22.3.